The summed E-state index contributed by atoms with van der Waals surface area (Å²) >= 11 is 6.38. The zero-order valence-corrected chi connectivity index (χ0v) is 23.7. The number of hydrogen-bond donors (Lipinski definition) is 2. The van der Waals surface area contributed by atoms with Crippen LogP contribution in [0.2, 0.25) is 0 Å². The number of nitrogens with zero attached hydrogens (tertiary/aromatic N) is 1. The van der Waals surface area contributed by atoms with Gasteiger partial charge in [0.25, 0.3) is 17.7 Å². The zero-order chi connectivity index (χ0) is 28.6. The number of carbonyl (C=O) groups excluding carboxylic acids is 3. The summed E-state index contributed by atoms with van der Waals surface area (Å²) in [5, 5.41) is 3.84. The molecule has 0 aromatic heterocycles. The third-order valence-corrected chi connectivity index (χ3v) is 7.15. The molecule has 1 saturated heterocycles. The van der Waals surface area contributed by atoms with Gasteiger partial charge < -0.3 is 19.5 Å². The van der Waals surface area contributed by atoms with Crippen molar-refractivity contribution in [3.05, 3.63) is 88.3 Å². The van der Waals surface area contributed by atoms with Crippen LogP contribution in [0, 0.1) is 0 Å². The minimum Gasteiger partial charge on any atom is -0.497 e. The topological polar surface area (TPSA) is 106 Å². The van der Waals surface area contributed by atoms with Crippen LogP contribution in [-0.2, 0) is 16.0 Å². The highest BCUT2D eigenvalue weighted by atomic mass is 32.2. The molecule has 0 unspecified atom stereocenters. The minimum atomic E-state index is -0.481. The zero-order valence-electron chi connectivity index (χ0n) is 22.1. The largest absolute Gasteiger partial charge is 0.497 e. The molecule has 3 aromatic rings. The molecule has 1 fully saturated rings. The first-order valence-electron chi connectivity index (χ1n) is 12.2. The first kappa shape index (κ1) is 28.7. The van der Waals surface area contributed by atoms with E-state index in [2.05, 4.69) is 17.7 Å². The number of hydrogen-bond acceptors (Lipinski definition) is 8. The van der Waals surface area contributed by atoms with E-state index in [0.29, 0.717) is 39.0 Å². The Morgan fingerprint density at radius 3 is 2.35 bits per heavy atom. The number of thioether (sulfide) groups is 1. The van der Waals surface area contributed by atoms with E-state index < -0.39 is 11.8 Å². The van der Waals surface area contributed by atoms with Crippen LogP contribution in [0.5, 0.6) is 17.2 Å². The fraction of sp³-hybridized carbons (Fsp3) is 0.172. The number of anilines is 1. The first-order valence-corrected chi connectivity index (χ1v) is 13.5. The number of amides is 3. The van der Waals surface area contributed by atoms with Crippen molar-refractivity contribution < 1.29 is 28.6 Å². The van der Waals surface area contributed by atoms with Crippen LogP contribution >= 0.6 is 24.0 Å². The number of benzene rings is 3. The number of methoxy groups -OCH3 is 2. The van der Waals surface area contributed by atoms with Crippen molar-refractivity contribution in [2.45, 2.75) is 13.3 Å². The maximum atomic E-state index is 13.0. The van der Waals surface area contributed by atoms with E-state index in [0.717, 1.165) is 23.2 Å². The number of thiocarbonyl (C=S) groups is 1. The van der Waals surface area contributed by atoms with Crippen molar-refractivity contribution in [2.24, 2.45) is 0 Å². The van der Waals surface area contributed by atoms with E-state index in [-0.39, 0.29) is 16.8 Å². The van der Waals surface area contributed by atoms with Crippen LogP contribution in [0.25, 0.3) is 6.08 Å². The molecule has 3 amide bonds. The lowest BCUT2D eigenvalue weighted by atomic mass is 10.1. The lowest BCUT2D eigenvalue weighted by Crippen LogP contribution is -2.44. The van der Waals surface area contributed by atoms with Gasteiger partial charge in [-0.1, -0.05) is 36.9 Å². The van der Waals surface area contributed by atoms with E-state index in [1.807, 2.05) is 24.3 Å². The second-order valence-electron chi connectivity index (χ2n) is 8.48. The quantitative estimate of drug-likeness (QED) is 0.261. The summed E-state index contributed by atoms with van der Waals surface area (Å²) in [4.78, 5) is 38.3. The maximum Gasteiger partial charge on any atom is 0.285 e. The summed E-state index contributed by atoms with van der Waals surface area (Å²) in [7, 11) is 3.01. The van der Waals surface area contributed by atoms with Gasteiger partial charge in [-0.3, -0.25) is 19.8 Å². The number of hydrazine groups is 1. The summed E-state index contributed by atoms with van der Waals surface area (Å²) in [5.41, 5.74) is 5.41. The van der Waals surface area contributed by atoms with Gasteiger partial charge in [0, 0.05) is 11.3 Å². The monoisotopic (exact) mass is 577 g/mol. The fourth-order valence-corrected chi connectivity index (χ4v) is 4.86. The van der Waals surface area contributed by atoms with Crippen molar-refractivity contribution in [3.63, 3.8) is 0 Å². The van der Waals surface area contributed by atoms with E-state index >= 15 is 0 Å². The summed E-state index contributed by atoms with van der Waals surface area (Å²) in [6.07, 6.45) is 2.56. The third-order valence-electron chi connectivity index (χ3n) is 5.85. The molecular weight excluding hydrogens is 550 g/mol. The van der Waals surface area contributed by atoms with Crippen LogP contribution in [0.1, 0.15) is 28.4 Å². The van der Waals surface area contributed by atoms with Crippen LogP contribution in [-0.4, -0.2) is 47.9 Å². The van der Waals surface area contributed by atoms with Gasteiger partial charge in [0.2, 0.25) is 0 Å². The van der Waals surface area contributed by atoms with Crippen LogP contribution in [0.3, 0.4) is 0 Å². The van der Waals surface area contributed by atoms with Gasteiger partial charge in [0.1, 0.15) is 5.75 Å². The average Bonchev–Trinajstić information content (AvgIpc) is 3.23. The molecule has 0 saturated carbocycles. The van der Waals surface area contributed by atoms with Crippen molar-refractivity contribution in [1.29, 1.82) is 0 Å². The van der Waals surface area contributed by atoms with Crippen molar-refractivity contribution >= 4 is 57.8 Å². The average molecular weight is 578 g/mol. The molecule has 9 nitrogen and oxygen atoms in total. The van der Waals surface area contributed by atoms with Gasteiger partial charge in [0.15, 0.2) is 22.4 Å². The van der Waals surface area contributed by atoms with Crippen LogP contribution in [0.4, 0.5) is 5.69 Å². The molecule has 4 rings (SSSR count). The lowest BCUT2D eigenvalue weighted by Gasteiger charge is -2.15. The van der Waals surface area contributed by atoms with Crippen LogP contribution in [0.15, 0.2) is 71.6 Å². The van der Waals surface area contributed by atoms with Gasteiger partial charge in [-0.2, -0.15) is 5.01 Å². The Labute approximate surface area is 241 Å². The molecule has 40 heavy (non-hydrogen) atoms. The number of rotatable bonds is 10. The summed E-state index contributed by atoms with van der Waals surface area (Å²) < 4.78 is 16.4. The molecule has 0 aliphatic carbocycles. The van der Waals surface area contributed by atoms with Gasteiger partial charge in [-0.25, -0.2) is 0 Å². The Hall–Kier alpha value is -4.35. The third kappa shape index (κ3) is 6.99. The molecule has 0 atom stereocenters. The van der Waals surface area contributed by atoms with Crippen molar-refractivity contribution in [3.8, 4) is 17.2 Å². The van der Waals surface area contributed by atoms with Crippen LogP contribution < -0.4 is 25.0 Å². The molecule has 2 N–H and O–H groups in total. The highest BCUT2D eigenvalue weighted by molar-refractivity contribution is 8.26. The Morgan fingerprint density at radius 1 is 0.975 bits per heavy atom. The smallest absolute Gasteiger partial charge is 0.285 e. The number of ether oxygens (including phenoxy) is 3. The lowest BCUT2D eigenvalue weighted by molar-refractivity contribution is -0.123. The summed E-state index contributed by atoms with van der Waals surface area (Å²) in [6, 6.07) is 19.1. The second-order valence-corrected chi connectivity index (χ2v) is 10.2. The van der Waals surface area contributed by atoms with E-state index in [1.165, 1.54) is 19.8 Å². The van der Waals surface area contributed by atoms with Crippen molar-refractivity contribution in [2.75, 3.05) is 26.1 Å². The predicted molar refractivity (Wildman–Crippen MR) is 158 cm³/mol. The van der Waals surface area contributed by atoms with Gasteiger partial charge >= 0.3 is 0 Å². The Kier molecular flexibility index (Phi) is 9.41. The first-order chi connectivity index (χ1) is 19.3. The normalized spacial score (nSPS) is 13.8. The highest BCUT2D eigenvalue weighted by Gasteiger charge is 2.34. The van der Waals surface area contributed by atoms with Crippen molar-refractivity contribution in [1.82, 2.24) is 10.4 Å². The molecule has 206 valence electrons. The molecule has 3 aromatic carbocycles. The maximum absolute atomic E-state index is 13.0. The van der Waals surface area contributed by atoms with E-state index in [9.17, 15) is 14.4 Å². The molecule has 11 heteroatoms. The van der Waals surface area contributed by atoms with Gasteiger partial charge in [0.05, 0.1) is 19.1 Å². The standard InChI is InChI=1S/C29H27N3O6S2/c1-4-18-5-10-21(11-6-18)30-26(33)17-38-23-14-7-19(15-24(23)37-3)16-25-28(35)32(29(39)40-25)31-27(34)20-8-12-22(36-2)13-9-20/h5-16H,4,17H2,1-3H3,(H,30,33)(H,31,34)/b25-16-. The summed E-state index contributed by atoms with van der Waals surface area (Å²) in [6.45, 7) is 1.85. The molecule has 1 aliphatic heterocycles. The molecular formula is C29H27N3O6S2. The Morgan fingerprint density at radius 2 is 1.70 bits per heavy atom. The molecule has 1 heterocycles. The van der Waals surface area contributed by atoms with Gasteiger partial charge in [-0.15, -0.1) is 0 Å². The predicted octanol–water partition coefficient (Wildman–Crippen LogP) is 4.83. The summed E-state index contributed by atoms with van der Waals surface area (Å²) in [5.74, 6) is 0.117. The van der Waals surface area contributed by atoms with Gasteiger partial charge in [-0.05, 0) is 84.4 Å². The Bertz CT molecular complexity index is 1460. The van der Waals surface area contributed by atoms with E-state index in [1.54, 1.807) is 48.5 Å². The molecule has 0 radical (unpaired) electrons. The number of aryl methyl sites for hydroxylation is 1. The second kappa shape index (κ2) is 13.1. The Balaban J connectivity index is 1.38. The molecule has 0 spiro atoms. The highest BCUT2D eigenvalue weighted by Crippen LogP contribution is 2.34. The fourth-order valence-electron chi connectivity index (χ4n) is 3.68. The molecule has 1 aliphatic rings. The van der Waals surface area contributed by atoms with E-state index in [4.69, 9.17) is 26.4 Å². The number of carbonyl (C=O) groups is 3. The number of nitrogens with one attached hydrogen (secondary N) is 2. The SMILES string of the molecule is CCc1ccc(NC(=O)COc2ccc(/C=C3\SC(=S)N(NC(=O)c4ccc(OC)cc4)C3=O)cc2OC)cc1. The minimum absolute atomic E-state index is 0.195. The molecule has 0 bridgehead atoms.